The number of thiocarbonyl (C=S) groups is 1. The molecule has 0 bridgehead atoms. The topological polar surface area (TPSA) is 58.2 Å². The summed E-state index contributed by atoms with van der Waals surface area (Å²) in [5, 5.41) is 7.17. The van der Waals surface area contributed by atoms with E-state index < -0.39 is 9.84 Å². The van der Waals surface area contributed by atoms with Crippen molar-refractivity contribution in [3.05, 3.63) is 29.3 Å². The van der Waals surface area contributed by atoms with Crippen molar-refractivity contribution in [2.45, 2.75) is 19.4 Å². The van der Waals surface area contributed by atoms with E-state index in [9.17, 15) is 8.42 Å². The van der Waals surface area contributed by atoms with E-state index in [1.54, 1.807) is 12.1 Å². The number of hydrogen-bond donors (Lipinski definition) is 2. The van der Waals surface area contributed by atoms with Crippen molar-refractivity contribution in [1.29, 1.82) is 0 Å². The van der Waals surface area contributed by atoms with Crippen molar-refractivity contribution < 1.29 is 8.42 Å². The van der Waals surface area contributed by atoms with Crippen LogP contribution in [-0.4, -0.2) is 31.6 Å². The summed E-state index contributed by atoms with van der Waals surface area (Å²) in [5.41, 5.74) is 0.831. The van der Waals surface area contributed by atoms with Gasteiger partial charge in [0.2, 0.25) is 0 Å². The second-order valence-corrected chi connectivity index (χ2v) is 7.53. The minimum atomic E-state index is -2.94. The Bertz CT molecular complexity index is 529. The first-order chi connectivity index (χ1) is 8.76. The Morgan fingerprint density at radius 2 is 1.95 bits per heavy atom. The summed E-state index contributed by atoms with van der Waals surface area (Å²) < 4.78 is 22.1. The zero-order valence-corrected chi connectivity index (χ0v) is 13.2. The summed E-state index contributed by atoms with van der Waals surface area (Å²) in [5.74, 6) is 0.144. The molecule has 7 heteroatoms. The van der Waals surface area contributed by atoms with Gasteiger partial charge >= 0.3 is 0 Å². The molecule has 1 atom stereocenters. The van der Waals surface area contributed by atoms with Crippen LogP contribution in [0.3, 0.4) is 0 Å². The Labute approximate surface area is 124 Å². The van der Waals surface area contributed by atoms with Gasteiger partial charge in [-0.2, -0.15) is 0 Å². The smallest absolute Gasteiger partial charge is 0.170 e. The van der Waals surface area contributed by atoms with E-state index in [-0.39, 0.29) is 11.8 Å². The van der Waals surface area contributed by atoms with Crippen molar-refractivity contribution >= 4 is 44.5 Å². The molecule has 0 amide bonds. The largest absolute Gasteiger partial charge is 0.360 e. The molecule has 19 heavy (non-hydrogen) atoms. The molecule has 0 aliphatic carbocycles. The lowest BCUT2D eigenvalue weighted by Gasteiger charge is -2.16. The second-order valence-electron chi connectivity index (χ2n) is 4.42. The lowest BCUT2D eigenvalue weighted by molar-refractivity contribution is 0.585. The van der Waals surface area contributed by atoms with E-state index in [0.717, 1.165) is 5.69 Å². The van der Waals surface area contributed by atoms with Crippen LogP contribution in [0.4, 0.5) is 5.69 Å². The lowest BCUT2D eigenvalue weighted by Crippen LogP contribution is -2.36. The van der Waals surface area contributed by atoms with Gasteiger partial charge < -0.3 is 10.6 Å². The van der Waals surface area contributed by atoms with E-state index in [1.807, 2.05) is 19.1 Å². The van der Waals surface area contributed by atoms with Crippen LogP contribution in [-0.2, 0) is 9.84 Å². The van der Waals surface area contributed by atoms with E-state index in [4.69, 9.17) is 23.8 Å². The van der Waals surface area contributed by atoms with Crippen molar-refractivity contribution in [3.63, 3.8) is 0 Å². The molecule has 4 nitrogen and oxygen atoms in total. The van der Waals surface area contributed by atoms with Crippen LogP contribution in [0.5, 0.6) is 0 Å². The number of rotatable bonds is 5. The highest BCUT2D eigenvalue weighted by atomic mass is 35.5. The minimum Gasteiger partial charge on any atom is -0.360 e. The van der Waals surface area contributed by atoms with Crippen LogP contribution in [0.15, 0.2) is 24.3 Å². The van der Waals surface area contributed by atoms with Crippen LogP contribution < -0.4 is 10.6 Å². The van der Waals surface area contributed by atoms with E-state index in [0.29, 0.717) is 16.6 Å². The second kappa shape index (κ2) is 7.07. The van der Waals surface area contributed by atoms with Crippen LogP contribution in [0, 0.1) is 0 Å². The molecule has 0 saturated carbocycles. The molecular weight excluding hydrogens is 304 g/mol. The Morgan fingerprint density at radius 3 is 2.47 bits per heavy atom. The van der Waals surface area contributed by atoms with Gasteiger partial charge in [0.05, 0.1) is 5.75 Å². The molecule has 0 heterocycles. The Morgan fingerprint density at radius 1 is 1.37 bits per heavy atom. The molecule has 0 spiro atoms. The number of anilines is 1. The van der Waals surface area contributed by atoms with E-state index in [1.165, 1.54) is 6.26 Å². The average Bonchev–Trinajstić information content (AvgIpc) is 2.29. The highest BCUT2D eigenvalue weighted by Gasteiger charge is 2.08. The van der Waals surface area contributed by atoms with Crippen LogP contribution in [0.25, 0.3) is 0 Å². The van der Waals surface area contributed by atoms with Crippen molar-refractivity contribution in [2.75, 3.05) is 17.3 Å². The number of hydrogen-bond acceptors (Lipinski definition) is 3. The Balaban J connectivity index is 2.40. The first-order valence-corrected chi connectivity index (χ1v) is 8.62. The summed E-state index contributed by atoms with van der Waals surface area (Å²) in [6, 6.07) is 7.15. The molecule has 1 aromatic carbocycles. The van der Waals surface area contributed by atoms with Gasteiger partial charge in [-0.3, -0.25) is 0 Å². The standard InChI is InChI=1S/C12H17ClN2O2S2/c1-9(7-8-19(2,16)17)14-12(18)15-11-5-3-10(13)4-6-11/h3-6,9H,7-8H2,1-2H3,(H2,14,15,18)/t9-/m0/s1. The molecule has 0 saturated heterocycles. The maximum Gasteiger partial charge on any atom is 0.170 e. The third kappa shape index (κ3) is 7.34. The molecule has 0 aromatic heterocycles. The molecule has 0 unspecified atom stereocenters. The summed E-state index contributed by atoms with van der Waals surface area (Å²) in [6.45, 7) is 1.89. The molecule has 1 rings (SSSR count). The van der Waals surface area contributed by atoms with Crippen LogP contribution in [0.2, 0.25) is 5.02 Å². The third-order valence-corrected chi connectivity index (χ3v) is 3.85. The fourth-order valence-electron chi connectivity index (χ4n) is 1.39. The van der Waals surface area contributed by atoms with Gasteiger partial charge in [-0.05, 0) is 49.8 Å². The quantitative estimate of drug-likeness (QED) is 0.816. The summed E-state index contributed by atoms with van der Waals surface area (Å²) in [6.07, 6.45) is 1.74. The van der Waals surface area contributed by atoms with Gasteiger partial charge in [0.25, 0.3) is 0 Å². The van der Waals surface area contributed by atoms with Gasteiger partial charge in [-0.25, -0.2) is 8.42 Å². The third-order valence-electron chi connectivity index (χ3n) is 2.40. The zero-order valence-electron chi connectivity index (χ0n) is 10.8. The molecule has 0 fully saturated rings. The fraction of sp³-hybridized carbons (Fsp3) is 0.417. The molecule has 0 aliphatic rings. The highest BCUT2D eigenvalue weighted by Crippen LogP contribution is 2.13. The Hall–Kier alpha value is -0.850. The predicted octanol–water partition coefficient (Wildman–Crippen LogP) is 2.45. The van der Waals surface area contributed by atoms with Gasteiger partial charge in [-0.1, -0.05) is 11.6 Å². The fourth-order valence-corrected chi connectivity index (χ4v) is 2.61. The van der Waals surface area contributed by atoms with Gasteiger partial charge in [0.1, 0.15) is 9.84 Å². The van der Waals surface area contributed by atoms with E-state index in [2.05, 4.69) is 10.6 Å². The number of sulfone groups is 1. The van der Waals surface area contributed by atoms with Gasteiger partial charge in [0.15, 0.2) is 5.11 Å². The highest BCUT2D eigenvalue weighted by molar-refractivity contribution is 7.90. The zero-order chi connectivity index (χ0) is 14.5. The first-order valence-electron chi connectivity index (χ1n) is 5.77. The molecule has 0 aliphatic heterocycles. The monoisotopic (exact) mass is 320 g/mol. The van der Waals surface area contributed by atoms with Crippen molar-refractivity contribution in [2.24, 2.45) is 0 Å². The van der Waals surface area contributed by atoms with Crippen LogP contribution >= 0.6 is 23.8 Å². The Kier molecular flexibility index (Phi) is 6.03. The first kappa shape index (κ1) is 16.2. The van der Waals surface area contributed by atoms with Gasteiger partial charge in [-0.15, -0.1) is 0 Å². The maximum absolute atomic E-state index is 11.1. The molecule has 0 radical (unpaired) electrons. The summed E-state index contributed by atoms with van der Waals surface area (Å²) >= 11 is 10.9. The average molecular weight is 321 g/mol. The molecule has 1 aromatic rings. The molecule has 106 valence electrons. The maximum atomic E-state index is 11.1. The van der Waals surface area contributed by atoms with Crippen LogP contribution in [0.1, 0.15) is 13.3 Å². The van der Waals surface area contributed by atoms with E-state index >= 15 is 0 Å². The predicted molar refractivity (Wildman–Crippen MR) is 84.6 cm³/mol. The summed E-state index contributed by atoms with van der Waals surface area (Å²) in [4.78, 5) is 0. The normalized spacial score (nSPS) is 12.8. The minimum absolute atomic E-state index is 0.0120. The van der Waals surface area contributed by atoms with Crippen molar-refractivity contribution in [3.8, 4) is 0 Å². The SMILES string of the molecule is C[C@@H](CCS(C)(=O)=O)NC(=S)Nc1ccc(Cl)cc1. The lowest BCUT2D eigenvalue weighted by atomic mass is 10.3. The van der Waals surface area contributed by atoms with Gasteiger partial charge in [0, 0.05) is 23.0 Å². The number of nitrogens with one attached hydrogen (secondary N) is 2. The molecule has 2 N–H and O–H groups in total. The summed E-state index contributed by atoms with van der Waals surface area (Å²) in [7, 11) is -2.94. The number of halogens is 1. The van der Waals surface area contributed by atoms with Crippen molar-refractivity contribution in [1.82, 2.24) is 5.32 Å². The number of benzene rings is 1. The molecular formula is C12H17ClN2O2S2.